The lowest BCUT2D eigenvalue weighted by atomic mass is 9.98. The number of carbonyl (C=O) groups is 2. The van der Waals surface area contributed by atoms with E-state index in [0.717, 1.165) is 18.4 Å². The molecule has 120 valence electrons. The highest BCUT2D eigenvalue weighted by Crippen LogP contribution is 2.23. The van der Waals surface area contributed by atoms with Gasteiger partial charge in [0.1, 0.15) is 0 Å². The molecule has 0 saturated carbocycles. The lowest BCUT2D eigenvalue weighted by Crippen LogP contribution is -2.42. The average molecular weight is 344 g/mol. The fraction of sp³-hybridized carbons (Fsp3) is 0.500. The first kappa shape index (κ1) is 17.1. The molecular weight excluding hydrogens is 325 g/mol. The second kappa shape index (κ2) is 7.84. The minimum Gasteiger partial charge on any atom is -0.481 e. The number of carboxylic acid groups (broad SMARTS) is 1. The van der Waals surface area contributed by atoms with Crippen LogP contribution in [-0.4, -0.2) is 35.0 Å². The van der Waals surface area contributed by atoms with Crippen LogP contribution in [0.4, 0.5) is 0 Å². The Labute approximate surface area is 140 Å². The third-order valence-electron chi connectivity index (χ3n) is 3.96. The second-order valence-corrected chi connectivity index (χ2v) is 6.43. The summed E-state index contributed by atoms with van der Waals surface area (Å²) in [6.45, 7) is 0.996. The van der Waals surface area contributed by atoms with E-state index in [9.17, 15) is 9.59 Å². The van der Waals surface area contributed by atoms with Crippen molar-refractivity contribution in [3.63, 3.8) is 0 Å². The first-order chi connectivity index (χ1) is 10.5. The number of amides is 1. The number of aliphatic carboxylic acids is 1. The molecule has 1 fully saturated rings. The Hall–Kier alpha value is -1.26. The van der Waals surface area contributed by atoms with Crippen molar-refractivity contribution in [3.8, 4) is 0 Å². The molecule has 2 rings (SSSR count). The van der Waals surface area contributed by atoms with Crippen molar-refractivity contribution in [1.29, 1.82) is 0 Å². The smallest absolute Gasteiger partial charge is 0.308 e. The van der Waals surface area contributed by atoms with E-state index >= 15 is 0 Å². The zero-order chi connectivity index (χ0) is 16.1. The largest absolute Gasteiger partial charge is 0.481 e. The van der Waals surface area contributed by atoms with Crippen molar-refractivity contribution in [2.24, 2.45) is 5.92 Å². The standard InChI is InChI=1S/C16H19Cl2NO3/c17-13-7-6-11(9-14(13)18)3-1-5-15(20)19-8-2-4-12(10-19)16(21)22/h6-7,9,12H,1-5,8,10H2,(H,21,22). The summed E-state index contributed by atoms with van der Waals surface area (Å²) in [5, 5.41) is 10.1. The molecule has 1 saturated heterocycles. The van der Waals surface area contributed by atoms with Crippen molar-refractivity contribution in [2.45, 2.75) is 32.1 Å². The van der Waals surface area contributed by atoms with Gasteiger partial charge in [-0.15, -0.1) is 0 Å². The molecule has 0 aliphatic carbocycles. The van der Waals surface area contributed by atoms with Gasteiger partial charge in [0.2, 0.25) is 5.91 Å². The monoisotopic (exact) mass is 343 g/mol. The van der Waals surface area contributed by atoms with Gasteiger partial charge in [0, 0.05) is 19.5 Å². The molecule has 1 aromatic carbocycles. The van der Waals surface area contributed by atoms with Crippen LogP contribution in [0.5, 0.6) is 0 Å². The topological polar surface area (TPSA) is 57.6 Å². The fourth-order valence-electron chi connectivity index (χ4n) is 2.70. The lowest BCUT2D eigenvalue weighted by Gasteiger charge is -2.30. The van der Waals surface area contributed by atoms with Gasteiger partial charge in [-0.2, -0.15) is 0 Å². The molecule has 0 radical (unpaired) electrons. The lowest BCUT2D eigenvalue weighted by molar-refractivity contribution is -0.145. The normalized spacial score (nSPS) is 18.3. The SMILES string of the molecule is O=C(O)C1CCCN(C(=O)CCCc2ccc(Cl)c(Cl)c2)C1. The van der Waals surface area contributed by atoms with Crippen LogP contribution in [-0.2, 0) is 16.0 Å². The summed E-state index contributed by atoms with van der Waals surface area (Å²) in [6.07, 6.45) is 3.30. The fourth-order valence-corrected chi connectivity index (χ4v) is 3.02. The third kappa shape index (κ3) is 4.62. The van der Waals surface area contributed by atoms with Crippen LogP contribution in [0.3, 0.4) is 0 Å². The van der Waals surface area contributed by atoms with Crippen molar-refractivity contribution in [3.05, 3.63) is 33.8 Å². The Morgan fingerprint density at radius 2 is 2.05 bits per heavy atom. The number of nitrogens with zero attached hydrogens (tertiary/aromatic N) is 1. The number of aryl methyl sites for hydroxylation is 1. The van der Waals surface area contributed by atoms with Crippen LogP contribution in [0, 0.1) is 5.92 Å². The number of hydrogen-bond donors (Lipinski definition) is 1. The van der Waals surface area contributed by atoms with Crippen LogP contribution in [0.1, 0.15) is 31.2 Å². The molecule has 1 aliphatic rings. The second-order valence-electron chi connectivity index (χ2n) is 5.62. The number of carbonyl (C=O) groups excluding carboxylic acids is 1. The molecule has 1 amide bonds. The Kier molecular flexibility index (Phi) is 6.09. The summed E-state index contributed by atoms with van der Waals surface area (Å²) in [4.78, 5) is 24.9. The highest BCUT2D eigenvalue weighted by atomic mass is 35.5. The van der Waals surface area contributed by atoms with Gasteiger partial charge in [-0.3, -0.25) is 9.59 Å². The van der Waals surface area contributed by atoms with Crippen LogP contribution in [0.15, 0.2) is 18.2 Å². The van der Waals surface area contributed by atoms with E-state index in [-0.39, 0.29) is 5.91 Å². The average Bonchev–Trinajstić information content (AvgIpc) is 2.51. The van der Waals surface area contributed by atoms with Crippen LogP contribution in [0.2, 0.25) is 10.0 Å². The molecule has 1 aliphatic heterocycles. The number of likely N-dealkylation sites (tertiary alicyclic amines) is 1. The summed E-state index contributed by atoms with van der Waals surface area (Å²) in [5.41, 5.74) is 1.05. The number of benzene rings is 1. The maximum Gasteiger partial charge on any atom is 0.308 e. The molecule has 22 heavy (non-hydrogen) atoms. The molecule has 1 unspecified atom stereocenters. The van der Waals surface area contributed by atoms with Crippen LogP contribution < -0.4 is 0 Å². The first-order valence-corrected chi connectivity index (χ1v) is 8.17. The van der Waals surface area contributed by atoms with Gasteiger partial charge in [-0.25, -0.2) is 0 Å². The molecule has 1 N–H and O–H groups in total. The van der Waals surface area contributed by atoms with Gasteiger partial charge in [0.25, 0.3) is 0 Å². The molecule has 0 spiro atoms. The highest BCUT2D eigenvalue weighted by molar-refractivity contribution is 6.42. The van der Waals surface area contributed by atoms with E-state index < -0.39 is 11.9 Å². The Balaban J connectivity index is 1.79. The van der Waals surface area contributed by atoms with E-state index in [1.54, 1.807) is 11.0 Å². The molecule has 6 heteroatoms. The van der Waals surface area contributed by atoms with Gasteiger partial charge >= 0.3 is 5.97 Å². The van der Waals surface area contributed by atoms with Gasteiger partial charge in [0.15, 0.2) is 0 Å². The number of piperidine rings is 1. The van der Waals surface area contributed by atoms with Gasteiger partial charge in [0.05, 0.1) is 16.0 Å². The van der Waals surface area contributed by atoms with E-state index in [1.165, 1.54) is 0 Å². The zero-order valence-electron chi connectivity index (χ0n) is 12.2. The molecule has 4 nitrogen and oxygen atoms in total. The summed E-state index contributed by atoms with van der Waals surface area (Å²) in [6, 6.07) is 5.47. The van der Waals surface area contributed by atoms with Crippen molar-refractivity contribution >= 4 is 35.1 Å². The minimum absolute atomic E-state index is 0.0333. The summed E-state index contributed by atoms with van der Waals surface area (Å²) < 4.78 is 0. The Morgan fingerprint density at radius 3 is 2.73 bits per heavy atom. The predicted molar refractivity (Wildman–Crippen MR) is 86.3 cm³/mol. The Morgan fingerprint density at radius 1 is 1.27 bits per heavy atom. The molecule has 1 heterocycles. The van der Waals surface area contributed by atoms with Gasteiger partial charge < -0.3 is 10.0 Å². The van der Waals surface area contributed by atoms with Crippen molar-refractivity contribution < 1.29 is 14.7 Å². The van der Waals surface area contributed by atoms with E-state index in [4.69, 9.17) is 28.3 Å². The highest BCUT2D eigenvalue weighted by Gasteiger charge is 2.27. The predicted octanol–water partition coefficient (Wildman–Crippen LogP) is 3.64. The van der Waals surface area contributed by atoms with E-state index in [0.29, 0.717) is 42.4 Å². The number of halogens is 2. The number of rotatable bonds is 5. The molecule has 0 aromatic heterocycles. The van der Waals surface area contributed by atoms with Crippen LogP contribution in [0.25, 0.3) is 0 Å². The number of carboxylic acids is 1. The van der Waals surface area contributed by atoms with Crippen molar-refractivity contribution in [2.75, 3.05) is 13.1 Å². The molecule has 0 bridgehead atoms. The van der Waals surface area contributed by atoms with Crippen molar-refractivity contribution in [1.82, 2.24) is 4.90 Å². The maximum absolute atomic E-state index is 12.2. The summed E-state index contributed by atoms with van der Waals surface area (Å²) in [7, 11) is 0. The van der Waals surface area contributed by atoms with Gasteiger partial charge in [-0.1, -0.05) is 29.3 Å². The molecule has 1 atom stereocenters. The summed E-state index contributed by atoms with van der Waals surface area (Å²) in [5.74, 6) is -1.20. The molecular formula is C16H19Cl2NO3. The number of hydrogen-bond acceptors (Lipinski definition) is 2. The minimum atomic E-state index is -0.812. The third-order valence-corrected chi connectivity index (χ3v) is 4.70. The van der Waals surface area contributed by atoms with E-state index in [2.05, 4.69) is 0 Å². The quantitative estimate of drug-likeness (QED) is 0.887. The molecule has 1 aromatic rings. The zero-order valence-corrected chi connectivity index (χ0v) is 13.7. The van der Waals surface area contributed by atoms with Crippen LogP contribution >= 0.6 is 23.2 Å². The maximum atomic E-state index is 12.2. The summed E-state index contributed by atoms with van der Waals surface area (Å²) >= 11 is 11.8. The Bertz CT molecular complexity index is 562. The van der Waals surface area contributed by atoms with Gasteiger partial charge in [-0.05, 0) is 43.4 Å². The first-order valence-electron chi connectivity index (χ1n) is 7.42. The van der Waals surface area contributed by atoms with E-state index in [1.807, 2.05) is 12.1 Å².